The lowest BCUT2D eigenvalue weighted by atomic mass is 10.4. The van der Waals surface area contributed by atoms with Crippen LogP contribution < -0.4 is 4.13 Å². The van der Waals surface area contributed by atoms with Crippen LogP contribution in [0.25, 0.3) is 0 Å². The van der Waals surface area contributed by atoms with Crippen molar-refractivity contribution < 1.29 is 60.3 Å². The van der Waals surface area contributed by atoms with Crippen LogP contribution in [0.1, 0.15) is 0 Å². The van der Waals surface area contributed by atoms with E-state index in [2.05, 4.69) is 8.37 Å². The lowest BCUT2D eigenvalue weighted by molar-refractivity contribution is -0.148. The highest BCUT2D eigenvalue weighted by Crippen LogP contribution is 2.24. The Bertz CT molecular complexity index is 538. The van der Waals surface area contributed by atoms with Gasteiger partial charge in [-0.05, 0) is 0 Å². The van der Waals surface area contributed by atoms with Gasteiger partial charge in [0.2, 0.25) is 0 Å². The van der Waals surface area contributed by atoms with Crippen LogP contribution in [0.15, 0.2) is 0 Å². The van der Waals surface area contributed by atoms with E-state index in [1.807, 2.05) is 0 Å². The molecule has 0 aliphatic carbocycles. The fourth-order valence-electron chi connectivity index (χ4n) is 0.611. The number of halogens is 8. The number of rotatable bonds is 10. The lowest BCUT2D eigenvalue weighted by Crippen LogP contribution is -2.41. The molecule has 0 fully saturated rings. The summed E-state index contributed by atoms with van der Waals surface area (Å²) in [4.78, 5) is 0. The zero-order valence-electron chi connectivity index (χ0n) is 10.4. The molecule has 0 aromatic heterocycles. The lowest BCUT2D eigenvalue weighted by Gasteiger charge is -2.16. The van der Waals surface area contributed by atoms with Gasteiger partial charge in [-0.3, -0.25) is 8.37 Å². The van der Waals surface area contributed by atoms with Crippen molar-refractivity contribution in [3.63, 3.8) is 0 Å². The van der Waals surface area contributed by atoms with E-state index >= 15 is 0 Å². The van der Waals surface area contributed by atoms with Crippen LogP contribution in [0.4, 0.5) is 35.1 Å². The Balaban J connectivity index is 4.77. The largest absolute Gasteiger partial charge is 0.351 e. The number of hydrogen-bond acceptors (Lipinski definition) is 6. The zero-order valence-corrected chi connectivity index (χ0v) is 12.0. The van der Waals surface area contributed by atoms with E-state index in [1.54, 1.807) is 0 Å². The summed E-state index contributed by atoms with van der Waals surface area (Å²) in [7, 11) is -11.4. The fraction of sp³-hybridized carbons (Fsp3) is 1.00. The maximum atomic E-state index is 12.4. The predicted molar refractivity (Wildman–Crippen MR) is 54.8 cm³/mol. The van der Waals surface area contributed by atoms with Crippen LogP contribution >= 0.6 is 0 Å². The topological polar surface area (TPSA) is 98.8 Å². The Morgan fingerprint density at radius 1 is 0.739 bits per heavy atom. The summed E-state index contributed by atoms with van der Waals surface area (Å²) in [5.74, 6) is -9.94. The predicted octanol–water partition coefficient (Wildman–Crippen LogP) is 0.900. The van der Waals surface area contributed by atoms with Gasteiger partial charge in [-0.2, -0.15) is 34.4 Å². The molecule has 0 heterocycles. The number of hydrogen-bond donors (Lipinski definition) is 1. The third-order valence-corrected chi connectivity index (χ3v) is 4.14. The third kappa shape index (κ3) is 8.04. The van der Waals surface area contributed by atoms with Crippen molar-refractivity contribution in [1.82, 2.24) is 4.13 Å². The van der Waals surface area contributed by atoms with Crippen LogP contribution in [0.5, 0.6) is 0 Å². The van der Waals surface area contributed by atoms with Gasteiger partial charge in [-0.1, -0.05) is 4.13 Å². The van der Waals surface area contributed by atoms with E-state index in [4.69, 9.17) is 0 Å². The van der Waals surface area contributed by atoms with E-state index in [0.29, 0.717) is 4.13 Å². The average molecular weight is 405 g/mol. The monoisotopic (exact) mass is 405 g/mol. The van der Waals surface area contributed by atoms with Crippen molar-refractivity contribution in [2.24, 2.45) is 0 Å². The zero-order chi connectivity index (χ0) is 18.7. The second-order valence-electron chi connectivity index (χ2n) is 3.64. The van der Waals surface area contributed by atoms with Gasteiger partial charge in [0, 0.05) is 0 Å². The summed E-state index contributed by atoms with van der Waals surface area (Å²) in [6, 6.07) is 0. The summed E-state index contributed by atoms with van der Waals surface area (Å²) in [5.41, 5.74) is 0. The van der Waals surface area contributed by atoms with E-state index in [0.717, 1.165) is 0 Å². The van der Waals surface area contributed by atoms with Gasteiger partial charge in [0.1, 0.15) is 13.2 Å². The molecule has 0 spiro atoms. The third-order valence-electron chi connectivity index (χ3n) is 1.66. The highest BCUT2D eigenvalue weighted by molar-refractivity contribution is 8.00. The van der Waals surface area contributed by atoms with E-state index < -0.39 is 58.5 Å². The molecular weight excluding hydrogens is 398 g/mol. The Kier molecular flexibility index (Phi) is 7.16. The molecule has 0 unspecified atom stereocenters. The van der Waals surface area contributed by atoms with Crippen LogP contribution in [-0.4, -0.2) is 54.7 Å². The SMILES string of the molecule is O=S(=O)(NS(=O)(=O)OCC(F)(F)C(F)F)OCC(F)(F)C(F)F. The highest BCUT2D eigenvalue weighted by atomic mass is 32.3. The Hall–Kier alpha value is -0.780. The Labute approximate surface area is 124 Å². The molecule has 17 heteroatoms. The summed E-state index contributed by atoms with van der Waals surface area (Å²) < 4.78 is 147. The van der Waals surface area contributed by atoms with Crippen LogP contribution in [-0.2, 0) is 29.0 Å². The first-order valence-electron chi connectivity index (χ1n) is 4.90. The normalized spacial score (nSPS) is 14.7. The maximum absolute atomic E-state index is 12.4. The standard InChI is InChI=1S/C6H7F8NO6S2/c7-3(8)5(11,12)1-20-22(16,17)15-23(18,19)21-2-6(13,14)4(9)10/h3-4,15H,1-2H2. The molecular formula is C6H7F8NO6S2. The quantitative estimate of drug-likeness (QED) is 0.543. The van der Waals surface area contributed by atoms with Crippen molar-refractivity contribution >= 4 is 20.6 Å². The van der Waals surface area contributed by atoms with Crippen molar-refractivity contribution in [3.8, 4) is 0 Å². The molecule has 1 N–H and O–H groups in total. The second-order valence-corrected chi connectivity index (χ2v) is 6.59. The molecule has 0 aromatic rings. The summed E-state index contributed by atoms with van der Waals surface area (Å²) in [6.07, 6.45) is -8.70. The summed E-state index contributed by atoms with van der Waals surface area (Å²) in [6.45, 7) is -4.97. The molecule has 0 bridgehead atoms. The molecule has 0 aromatic carbocycles. The molecule has 0 atom stereocenters. The van der Waals surface area contributed by atoms with E-state index in [-0.39, 0.29) is 0 Å². The van der Waals surface area contributed by atoms with E-state index in [9.17, 15) is 52.0 Å². The first kappa shape index (κ1) is 22.2. The van der Waals surface area contributed by atoms with Gasteiger partial charge in [0.25, 0.3) is 0 Å². The molecule has 0 aliphatic rings. The summed E-state index contributed by atoms with van der Waals surface area (Å²) >= 11 is 0. The Morgan fingerprint density at radius 3 is 1.22 bits per heavy atom. The smallest absolute Gasteiger partial charge is 0.251 e. The first-order valence-corrected chi connectivity index (χ1v) is 7.72. The van der Waals surface area contributed by atoms with E-state index in [1.165, 1.54) is 0 Å². The number of nitrogens with one attached hydrogen (secondary N) is 1. The minimum absolute atomic E-state index is 0.299. The van der Waals surface area contributed by atoms with Crippen LogP contribution in [0.2, 0.25) is 0 Å². The van der Waals surface area contributed by atoms with Gasteiger partial charge < -0.3 is 0 Å². The first-order chi connectivity index (χ1) is 10.0. The molecule has 7 nitrogen and oxygen atoms in total. The Morgan fingerprint density at radius 2 is 1.00 bits per heavy atom. The molecule has 0 rings (SSSR count). The molecule has 0 saturated carbocycles. The minimum atomic E-state index is -5.70. The van der Waals surface area contributed by atoms with Crippen molar-refractivity contribution in [2.75, 3.05) is 13.2 Å². The molecule has 0 aliphatic heterocycles. The molecule has 0 saturated heterocycles. The van der Waals surface area contributed by atoms with Gasteiger partial charge >= 0.3 is 45.3 Å². The second kappa shape index (κ2) is 7.41. The van der Waals surface area contributed by atoms with Crippen molar-refractivity contribution in [3.05, 3.63) is 0 Å². The van der Waals surface area contributed by atoms with Gasteiger partial charge in [-0.25, -0.2) is 17.6 Å². The fourth-order valence-corrected chi connectivity index (χ4v) is 2.62. The molecule has 0 amide bonds. The van der Waals surface area contributed by atoms with Crippen molar-refractivity contribution in [2.45, 2.75) is 24.7 Å². The van der Waals surface area contributed by atoms with Gasteiger partial charge in [0.05, 0.1) is 0 Å². The van der Waals surface area contributed by atoms with Crippen LogP contribution in [0, 0.1) is 0 Å². The molecule has 0 radical (unpaired) electrons. The van der Waals surface area contributed by atoms with Gasteiger partial charge in [0.15, 0.2) is 0 Å². The number of alkyl halides is 8. The summed E-state index contributed by atoms with van der Waals surface area (Å²) in [5, 5.41) is 0. The minimum Gasteiger partial charge on any atom is -0.251 e. The molecule has 140 valence electrons. The molecule has 23 heavy (non-hydrogen) atoms. The van der Waals surface area contributed by atoms with Gasteiger partial charge in [-0.15, -0.1) is 0 Å². The van der Waals surface area contributed by atoms with Crippen molar-refractivity contribution in [1.29, 1.82) is 0 Å². The highest BCUT2D eigenvalue weighted by Gasteiger charge is 2.44. The average Bonchev–Trinajstić information content (AvgIpc) is 2.33. The van der Waals surface area contributed by atoms with Crippen LogP contribution in [0.3, 0.4) is 0 Å². The maximum Gasteiger partial charge on any atom is 0.351 e.